The summed E-state index contributed by atoms with van der Waals surface area (Å²) in [5.41, 5.74) is -0.218. The third-order valence-corrected chi connectivity index (χ3v) is 3.47. The van der Waals surface area contributed by atoms with Crippen LogP contribution in [0, 0.1) is 16.0 Å². The van der Waals surface area contributed by atoms with E-state index in [2.05, 4.69) is 9.97 Å². The fourth-order valence-electron chi connectivity index (χ4n) is 1.85. The van der Waals surface area contributed by atoms with Gasteiger partial charge in [0.1, 0.15) is 6.33 Å². The van der Waals surface area contributed by atoms with Crippen LogP contribution in [0.2, 0.25) is 5.15 Å². The molecule has 0 N–H and O–H groups in total. The van der Waals surface area contributed by atoms with Crippen LogP contribution >= 0.6 is 11.6 Å². The molecule has 1 atom stereocenters. The lowest BCUT2D eigenvalue weighted by atomic mass is 10.2. The van der Waals surface area contributed by atoms with Crippen molar-refractivity contribution in [3.63, 3.8) is 0 Å². The van der Waals surface area contributed by atoms with Crippen molar-refractivity contribution in [2.75, 3.05) is 11.9 Å². The molecule has 1 saturated carbocycles. The maximum Gasteiger partial charge on any atom is 0.348 e. The molecular weight excluding hydrogens is 244 g/mol. The Morgan fingerprint density at radius 3 is 2.76 bits per heavy atom. The number of aromatic nitrogens is 2. The number of halogens is 1. The highest BCUT2D eigenvalue weighted by Gasteiger charge is 2.34. The number of nitro groups is 1. The average molecular weight is 257 g/mol. The predicted molar refractivity (Wildman–Crippen MR) is 64.3 cm³/mol. The first-order chi connectivity index (χ1) is 8.02. The van der Waals surface area contributed by atoms with Crippen molar-refractivity contribution < 1.29 is 4.92 Å². The summed E-state index contributed by atoms with van der Waals surface area (Å²) in [7, 11) is 1.80. The van der Waals surface area contributed by atoms with Crippen LogP contribution in [0.25, 0.3) is 0 Å². The minimum Gasteiger partial charge on any atom is -0.351 e. The molecule has 0 amide bonds. The van der Waals surface area contributed by atoms with Gasteiger partial charge in [0.2, 0.25) is 11.0 Å². The van der Waals surface area contributed by atoms with Crippen molar-refractivity contribution >= 4 is 23.1 Å². The minimum atomic E-state index is -0.534. The van der Waals surface area contributed by atoms with Crippen LogP contribution in [0.15, 0.2) is 6.33 Å². The van der Waals surface area contributed by atoms with E-state index < -0.39 is 4.92 Å². The van der Waals surface area contributed by atoms with Crippen LogP contribution in [0.1, 0.15) is 19.8 Å². The van der Waals surface area contributed by atoms with E-state index in [0.29, 0.717) is 5.92 Å². The molecule has 1 aliphatic carbocycles. The van der Waals surface area contributed by atoms with Crippen molar-refractivity contribution in [3.8, 4) is 0 Å². The summed E-state index contributed by atoms with van der Waals surface area (Å²) in [6.45, 7) is 2.04. The van der Waals surface area contributed by atoms with Gasteiger partial charge in [-0.3, -0.25) is 10.1 Å². The smallest absolute Gasteiger partial charge is 0.348 e. The first-order valence-electron chi connectivity index (χ1n) is 5.40. The van der Waals surface area contributed by atoms with E-state index in [-0.39, 0.29) is 22.7 Å². The summed E-state index contributed by atoms with van der Waals surface area (Å²) in [5.74, 6) is 0.878. The Kier molecular flexibility index (Phi) is 3.15. The van der Waals surface area contributed by atoms with Crippen LogP contribution in [0.4, 0.5) is 11.5 Å². The molecule has 0 radical (unpaired) electrons. The van der Waals surface area contributed by atoms with Gasteiger partial charge in [0.25, 0.3) is 0 Å². The predicted octanol–water partition coefficient (Wildman–Crippen LogP) is 2.27. The molecule has 2 rings (SSSR count). The van der Waals surface area contributed by atoms with E-state index in [1.54, 1.807) is 7.05 Å². The van der Waals surface area contributed by atoms with Crippen molar-refractivity contribution in [2.24, 2.45) is 5.92 Å². The SMILES string of the molecule is CC(C1CC1)N(C)c1ncnc(Cl)c1[N+](=O)[O-]. The van der Waals surface area contributed by atoms with Crippen molar-refractivity contribution in [3.05, 3.63) is 21.6 Å². The summed E-state index contributed by atoms with van der Waals surface area (Å²) in [6.07, 6.45) is 3.58. The van der Waals surface area contributed by atoms with Crippen LogP contribution in [-0.2, 0) is 0 Å². The lowest BCUT2D eigenvalue weighted by molar-refractivity contribution is -0.384. The molecule has 1 fully saturated rings. The van der Waals surface area contributed by atoms with Gasteiger partial charge in [0, 0.05) is 13.1 Å². The molecule has 0 aromatic carbocycles. The molecule has 0 spiro atoms. The Morgan fingerprint density at radius 2 is 2.24 bits per heavy atom. The van der Waals surface area contributed by atoms with Gasteiger partial charge in [0.05, 0.1) is 4.92 Å². The fourth-order valence-corrected chi connectivity index (χ4v) is 2.05. The third-order valence-electron chi connectivity index (χ3n) is 3.19. The van der Waals surface area contributed by atoms with Gasteiger partial charge in [0.15, 0.2) is 0 Å². The molecular formula is C10H13ClN4O2. The lowest BCUT2D eigenvalue weighted by Gasteiger charge is -2.25. The van der Waals surface area contributed by atoms with Crippen LogP contribution < -0.4 is 4.90 Å². The number of hydrogen-bond acceptors (Lipinski definition) is 5. The molecule has 0 saturated heterocycles. The molecule has 0 aliphatic heterocycles. The second-order valence-electron chi connectivity index (χ2n) is 4.28. The van der Waals surface area contributed by atoms with Gasteiger partial charge < -0.3 is 4.90 Å². The first kappa shape index (κ1) is 12.0. The number of nitrogens with zero attached hydrogens (tertiary/aromatic N) is 4. The van der Waals surface area contributed by atoms with Crippen LogP contribution in [-0.4, -0.2) is 28.0 Å². The zero-order valence-electron chi connectivity index (χ0n) is 9.63. The van der Waals surface area contributed by atoms with Crippen molar-refractivity contribution in [2.45, 2.75) is 25.8 Å². The van der Waals surface area contributed by atoms with Crippen LogP contribution in [0.5, 0.6) is 0 Å². The van der Waals surface area contributed by atoms with Crippen molar-refractivity contribution in [1.29, 1.82) is 0 Å². The number of hydrogen-bond donors (Lipinski definition) is 0. The zero-order chi connectivity index (χ0) is 12.6. The van der Waals surface area contributed by atoms with E-state index in [1.807, 2.05) is 11.8 Å². The fraction of sp³-hybridized carbons (Fsp3) is 0.600. The molecule has 17 heavy (non-hydrogen) atoms. The summed E-state index contributed by atoms with van der Waals surface area (Å²) in [6, 6.07) is 0.222. The summed E-state index contributed by atoms with van der Waals surface area (Å²) < 4.78 is 0. The van der Waals surface area contributed by atoms with E-state index in [0.717, 1.165) is 12.8 Å². The Morgan fingerprint density at radius 1 is 1.59 bits per heavy atom. The molecule has 1 unspecified atom stereocenters. The number of rotatable bonds is 4. The monoisotopic (exact) mass is 256 g/mol. The Bertz CT molecular complexity index is 450. The molecule has 1 aromatic rings. The highest BCUT2D eigenvalue weighted by atomic mass is 35.5. The first-order valence-corrected chi connectivity index (χ1v) is 5.78. The summed E-state index contributed by atoms with van der Waals surface area (Å²) in [4.78, 5) is 19.9. The maximum absolute atomic E-state index is 11.0. The molecule has 92 valence electrons. The molecule has 1 aliphatic rings. The Labute approximate surface area is 104 Å². The summed E-state index contributed by atoms with van der Waals surface area (Å²) in [5, 5.41) is 10.9. The van der Waals surface area contributed by atoms with Gasteiger partial charge in [-0.25, -0.2) is 9.97 Å². The van der Waals surface area contributed by atoms with E-state index in [4.69, 9.17) is 11.6 Å². The molecule has 6 nitrogen and oxygen atoms in total. The minimum absolute atomic E-state index is 0.116. The molecule has 0 bridgehead atoms. The van der Waals surface area contributed by atoms with Gasteiger partial charge in [-0.2, -0.15) is 0 Å². The van der Waals surface area contributed by atoms with Crippen molar-refractivity contribution in [1.82, 2.24) is 9.97 Å². The van der Waals surface area contributed by atoms with E-state index in [1.165, 1.54) is 6.33 Å². The highest BCUT2D eigenvalue weighted by Crippen LogP contribution is 2.38. The van der Waals surface area contributed by atoms with E-state index in [9.17, 15) is 10.1 Å². The van der Waals surface area contributed by atoms with Crippen LogP contribution in [0.3, 0.4) is 0 Å². The largest absolute Gasteiger partial charge is 0.351 e. The quantitative estimate of drug-likeness (QED) is 0.469. The number of anilines is 1. The standard InChI is InChI=1S/C10H13ClN4O2/c1-6(7-3-4-7)14(2)10-8(15(16)17)9(11)12-5-13-10/h5-7H,3-4H2,1-2H3. The highest BCUT2D eigenvalue weighted by molar-refractivity contribution is 6.31. The molecule has 7 heteroatoms. The van der Waals surface area contributed by atoms with Gasteiger partial charge in [-0.15, -0.1) is 0 Å². The van der Waals surface area contributed by atoms with Gasteiger partial charge in [-0.05, 0) is 25.7 Å². The topological polar surface area (TPSA) is 72.2 Å². The molecule has 1 aromatic heterocycles. The average Bonchev–Trinajstić information content (AvgIpc) is 3.10. The van der Waals surface area contributed by atoms with E-state index >= 15 is 0 Å². The lowest BCUT2D eigenvalue weighted by Crippen LogP contribution is -2.32. The summed E-state index contributed by atoms with van der Waals surface area (Å²) >= 11 is 5.75. The van der Waals surface area contributed by atoms with Gasteiger partial charge in [-0.1, -0.05) is 11.6 Å². The van der Waals surface area contributed by atoms with Gasteiger partial charge >= 0.3 is 5.69 Å². The normalized spacial score (nSPS) is 16.6. The second kappa shape index (κ2) is 4.44. The molecule has 1 heterocycles. The maximum atomic E-state index is 11.0. The Hall–Kier alpha value is -1.43. The zero-order valence-corrected chi connectivity index (χ0v) is 10.4. The third kappa shape index (κ3) is 2.31. The Balaban J connectivity index is 2.36. The second-order valence-corrected chi connectivity index (χ2v) is 4.64.